The molecule has 0 radical (unpaired) electrons. The Kier molecular flexibility index (Phi) is 5.98. The molecule has 0 bridgehead atoms. The summed E-state index contributed by atoms with van der Waals surface area (Å²) in [5.74, 6) is -1.31. The number of carbonyl (C=O) groups is 2. The highest BCUT2D eigenvalue weighted by molar-refractivity contribution is 9.10. The van der Waals surface area contributed by atoms with Crippen molar-refractivity contribution in [2.45, 2.75) is 38.6 Å². The fourth-order valence-electron chi connectivity index (χ4n) is 2.76. The Balaban J connectivity index is 2.31. The van der Waals surface area contributed by atoms with Crippen LogP contribution in [0.15, 0.2) is 22.7 Å². The molecular weight excluding hydrogens is 433 g/mol. The van der Waals surface area contributed by atoms with Gasteiger partial charge in [-0.25, -0.2) is 9.59 Å². The Morgan fingerprint density at radius 1 is 1.22 bits per heavy atom. The predicted octanol–water partition coefficient (Wildman–Crippen LogP) is 3.98. The van der Waals surface area contributed by atoms with Gasteiger partial charge in [0.25, 0.3) is 0 Å². The number of alkyl halides is 3. The van der Waals surface area contributed by atoms with E-state index in [2.05, 4.69) is 15.9 Å². The lowest BCUT2D eigenvalue weighted by Crippen LogP contribution is -2.59. The van der Waals surface area contributed by atoms with Crippen LogP contribution in [0.2, 0.25) is 0 Å². The number of carboxylic acids is 1. The summed E-state index contributed by atoms with van der Waals surface area (Å²) in [5, 5.41) is 9.50. The standard InChI is InChI=1S/C17H20BrF3N2O4/c1-16(2,3)27-15(26)23-7-6-22(9-13(23)14(24)25)12-8-10(18)4-5-11(12)17(19,20)21/h4-5,8,13H,6-7,9H2,1-3H3,(H,24,25)/t13-/m0/s1. The quantitative estimate of drug-likeness (QED) is 0.734. The van der Waals surface area contributed by atoms with Gasteiger partial charge in [-0.3, -0.25) is 4.90 Å². The van der Waals surface area contributed by atoms with E-state index in [0.717, 1.165) is 11.0 Å². The fraction of sp³-hybridized carbons (Fsp3) is 0.529. The Labute approximate surface area is 163 Å². The van der Waals surface area contributed by atoms with Gasteiger partial charge in [0, 0.05) is 24.1 Å². The molecule has 1 atom stereocenters. The van der Waals surface area contributed by atoms with E-state index in [4.69, 9.17) is 4.74 Å². The van der Waals surface area contributed by atoms with Gasteiger partial charge in [0.1, 0.15) is 11.6 Å². The lowest BCUT2D eigenvalue weighted by molar-refractivity contribution is -0.143. The maximum absolute atomic E-state index is 13.3. The molecule has 6 nitrogen and oxygen atoms in total. The van der Waals surface area contributed by atoms with E-state index in [9.17, 15) is 27.9 Å². The molecule has 0 aliphatic carbocycles. The molecule has 0 aromatic heterocycles. The van der Waals surface area contributed by atoms with Crippen LogP contribution in [0, 0.1) is 0 Å². The normalized spacial score (nSPS) is 18.4. The van der Waals surface area contributed by atoms with Crippen LogP contribution in [0.3, 0.4) is 0 Å². The Morgan fingerprint density at radius 3 is 2.37 bits per heavy atom. The second kappa shape index (κ2) is 7.57. The molecule has 0 unspecified atom stereocenters. The van der Waals surface area contributed by atoms with E-state index in [1.54, 1.807) is 20.8 Å². The van der Waals surface area contributed by atoms with Crippen LogP contribution in [0.1, 0.15) is 26.3 Å². The van der Waals surface area contributed by atoms with Gasteiger partial charge in [0.15, 0.2) is 0 Å². The fourth-order valence-corrected chi connectivity index (χ4v) is 3.11. The molecule has 150 valence electrons. The zero-order chi connectivity index (χ0) is 20.6. The van der Waals surface area contributed by atoms with E-state index in [1.807, 2.05) is 0 Å². The Hall–Kier alpha value is -1.97. The summed E-state index contributed by atoms with van der Waals surface area (Å²) in [6.45, 7) is 4.63. The number of halogens is 4. The third-order valence-electron chi connectivity index (χ3n) is 3.90. The van der Waals surface area contributed by atoms with E-state index >= 15 is 0 Å². The van der Waals surface area contributed by atoms with Crippen molar-refractivity contribution in [3.63, 3.8) is 0 Å². The van der Waals surface area contributed by atoms with Gasteiger partial charge in [0.05, 0.1) is 11.3 Å². The van der Waals surface area contributed by atoms with Crippen molar-refractivity contribution >= 4 is 33.7 Å². The molecule has 1 heterocycles. The summed E-state index contributed by atoms with van der Waals surface area (Å²) in [7, 11) is 0. The van der Waals surface area contributed by atoms with Crippen LogP contribution in [0.4, 0.5) is 23.7 Å². The van der Waals surface area contributed by atoms with Crippen LogP contribution in [0.25, 0.3) is 0 Å². The van der Waals surface area contributed by atoms with Crippen molar-refractivity contribution in [2.24, 2.45) is 0 Å². The number of anilines is 1. The predicted molar refractivity (Wildman–Crippen MR) is 95.7 cm³/mol. The topological polar surface area (TPSA) is 70.1 Å². The minimum atomic E-state index is -4.59. The molecule has 0 saturated carbocycles. The molecule has 1 aliphatic heterocycles. The van der Waals surface area contributed by atoms with Gasteiger partial charge in [-0.05, 0) is 39.0 Å². The first-order valence-electron chi connectivity index (χ1n) is 8.14. The molecule has 1 fully saturated rings. The zero-order valence-electron chi connectivity index (χ0n) is 15.0. The number of hydrogen-bond donors (Lipinski definition) is 1. The smallest absolute Gasteiger partial charge is 0.418 e. The third-order valence-corrected chi connectivity index (χ3v) is 4.39. The molecule has 1 saturated heterocycles. The molecule has 10 heteroatoms. The van der Waals surface area contributed by atoms with Crippen LogP contribution in [-0.2, 0) is 15.7 Å². The van der Waals surface area contributed by atoms with Crippen molar-refractivity contribution in [1.82, 2.24) is 4.90 Å². The van der Waals surface area contributed by atoms with Gasteiger partial charge >= 0.3 is 18.2 Å². The number of hydrogen-bond acceptors (Lipinski definition) is 4. The number of carbonyl (C=O) groups excluding carboxylic acids is 1. The Bertz CT molecular complexity index is 734. The first-order chi connectivity index (χ1) is 12.3. The molecular formula is C17H20BrF3N2O4. The number of ether oxygens (including phenoxy) is 1. The van der Waals surface area contributed by atoms with E-state index < -0.39 is 35.4 Å². The van der Waals surface area contributed by atoms with Crippen molar-refractivity contribution in [2.75, 3.05) is 24.5 Å². The van der Waals surface area contributed by atoms with Crippen molar-refractivity contribution in [3.05, 3.63) is 28.2 Å². The van der Waals surface area contributed by atoms with E-state index in [1.165, 1.54) is 17.0 Å². The number of aliphatic carboxylic acids is 1. The Morgan fingerprint density at radius 2 is 1.85 bits per heavy atom. The van der Waals surface area contributed by atoms with Crippen molar-refractivity contribution in [1.29, 1.82) is 0 Å². The number of nitrogens with zero attached hydrogens (tertiary/aromatic N) is 2. The zero-order valence-corrected chi connectivity index (χ0v) is 16.6. The summed E-state index contributed by atoms with van der Waals surface area (Å²) in [5.41, 5.74) is -1.81. The summed E-state index contributed by atoms with van der Waals surface area (Å²) in [6, 6.07) is 2.19. The van der Waals surface area contributed by atoms with Crippen LogP contribution >= 0.6 is 15.9 Å². The summed E-state index contributed by atoms with van der Waals surface area (Å²) < 4.78 is 45.7. The molecule has 1 aromatic carbocycles. The lowest BCUT2D eigenvalue weighted by Gasteiger charge is -2.41. The SMILES string of the molecule is CC(C)(C)OC(=O)N1CCN(c2cc(Br)ccc2C(F)(F)F)C[C@H]1C(=O)O. The van der Waals surface area contributed by atoms with E-state index in [0.29, 0.717) is 4.47 Å². The highest BCUT2D eigenvalue weighted by Gasteiger charge is 2.41. The molecule has 27 heavy (non-hydrogen) atoms. The number of piperazine rings is 1. The van der Waals surface area contributed by atoms with Crippen LogP contribution in [0.5, 0.6) is 0 Å². The maximum Gasteiger partial charge on any atom is 0.418 e. The molecule has 2 rings (SSSR count). The highest BCUT2D eigenvalue weighted by atomic mass is 79.9. The first-order valence-corrected chi connectivity index (χ1v) is 8.93. The van der Waals surface area contributed by atoms with Crippen LogP contribution in [-0.4, -0.2) is 53.3 Å². The highest BCUT2D eigenvalue weighted by Crippen LogP contribution is 2.38. The monoisotopic (exact) mass is 452 g/mol. The average molecular weight is 453 g/mol. The molecule has 1 aromatic rings. The average Bonchev–Trinajstić information content (AvgIpc) is 2.51. The minimum absolute atomic E-state index is 0.0442. The number of rotatable bonds is 2. The second-order valence-corrected chi connectivity index (χ2v) is 8.05. The summed E-state index contributed by atoms with van der Waals surface area (Å²) in [6.07, 6.45) is -5.39. The van der Waals surface area contributed by atoms with Crippen molar-refractivity contribution < 1.29 is 32.6 Å². The third kappa shape index (κ3) is 5.27. The molecule has 1 N–H and O–H groups in total. The number of amides is 1. The van der Waals surface area contributed by atoms with Crippen molar-refractivity contribution in [3.8, 4) is 0 Å². The largest absolute Gasteiger partial charge is 0.480 e. The number of carboxylic acid groups (broad SMARTS) is 1. The molecule has 1 aliphatic rings. The van der Waals surface area contributed by atoms with Gasteiger partial charge < -0.3 is 14.7 Å². The van der Waals surface area contributed by atoms with Gasteiger partial charge in [-0.1, -0.05) is 15.9 Å². The summed E-state index contributed by atoms with van der Waals surface area (Å²) in [4.78, 5) is 26.3. The van der Waals surface area contributed by atoms with Crippen LogP contribution < -0.4 is 4.90 Å². The molecule has 1 amide bonds. The first kappa shape index (κ1) is 21.3. The molecule has 0 spiro atoms. The second-order valence-electron chi connectivity index (χ2n) is 7.13. The number of benzene rings is 1. The van der Waals surface area contributed by atoms with Gasteiger partial charge in [0.2, 0.25) is 0 Å². The summed E-state index contributed by atoms with van der Waals surface area (Å²) >= 11 is 3.15. The van der Waals surface area contributed by atoms with Gasteiger partial charge in [-0.15, -0.1) is 0 Å². The van der Waals surface area contributed by atoms with E-state index in [-0.39, 0.29) is 25.3 Å². The lowest BCUT2D eigenvalue weighted by atomic mass is 10.1. The minimum Gasteiger partial charge on any atom is -0.480 e. The van der Waals surface area contributed by atoms with Gasteiger partial charge in [-0.2, -0.15) is 13.2 Å². The maximum atomic E-state index is 13.3.